The Morgan fingerprint density at radius 2 is 1.91 bits per heavy atom. The first kappa shape index (κ1) is 14.8. The molecule has 0 saturated carbocycles. The number of pyridine rings is 1. The Labute approximate surface area is 134 Å². The van der Waals surface area contributed by atoms with Crippen molar-refractivity contribution in [1.82, 2.24) is 10.3 Å². The normalized spacial score (nSPS) is 11.0. The van der Waals surface area contributed by atoms with Gasteiger partial charge in [-0.3, -0.25) is 9.78 Å². The lowest BCUT2D eigenvalue weighted by Crippen LogP contribution is -2.23. The van der Waals surface area contributed by atoms with E-state index in [0.29, 0.717) is 12.1 Å². The van der Waals surface area contributed by atoms with Crippen molar-refractivity contribution < 1.29 is 9.90 Å². The lowest BCUT2D eigenvalue weighted by Gasteiger charge is -2.07. The van der Waals surface area contributed by atoms with E-state index in [-0.39, 0.29) is 17.2 Å². The van der Waals surface area contributed by atoms with Crippen molar-refractivity contribution in [2.75, 3.05) is 6.54 Å². The highest BCUT2D eigenvalue weighted by atomic mass is 16.3. The molecule has 0 spiro atoms. The van der Waals surface area contributed by atoms with Crippen LogP contribution in [-0.4, -0.2) is 22.5 Å². The fourth-order valence-electron chi connectivity index (χ4n) is 2.32. The molecule has 0 unspecified atom stereocenters. The van der Waals surface area contributed by atoms with Gasteiger partial charge >= 0.3 is 0 Å². The summed E-state index contributed by atoms with van der Waals surface area (Å²) < 4.78 is 0. The van der Waals surface area contributed by atoms with E-state index in [1.165, 1.54) is 0 Å². The summed E-state index contributed by atoms with van der Waals surface area (Å²) >= 11 is 0. The van der Waals surface area contributed by atoms with Crippen LogP contribution in [0.3, 0.4) is 0 Å². The maximum Gasteiger partial charge on any atom is 0.255 e. The SMILES string of the molecule is O=C(NCC=Cc1ccccc1)c1ccc2cccnc2c1O. The Balaban J connectivity index is 1.69. The Bertz CT molecular complexity index is 858. The number of hydrogen-bond acceptors (Lipinski definition) is 3. The number of aromatic hydroxyl groups is 1. The number of phenols is 1. The molecule has 3 aromatic rings. The smallest absolute Gasteiger partial charge is 0.255 e. The number of phenolic OH excluding ortho intramolecular Hbond substituents is 1. The molecule has 0 atom stereocenters. The molecule has 0 aliphatic carbocycles. The van der Waals surface area contributed by atoms with E-state index in [1.807, 2.05) is 48.6 Å². The quantitative estimate of drug-likeness (QED) is 0.776. The van der Waals surface area contributed by atoms with E-state index < -0.39 is 0 Å². The summed E-state index contributed by atoms with van der Waals surface area (Å²) in [6, 6.07) is 16.8. The lowest BCUT2D eigenvalue weighted by molar-refractivity contribution is 0.0955. The van der Waals surface area contributed by atoms with E-state index in [0.717, 1.165) is 10.9 Å². The van der Waals surface area contributed by atoms with E-state index in [4.69, 9.17) is 0 Å². The molecule has 3 rings (SSSR count). The number of carbonyl (C=O) groups excluding carboxylic acids is 1. The summed E-state index contributed by atoms with van der Waals surface area (Å²) in [4.78, 5) is 16.3. The van der Waals surface area contributed by atoms with Gasteiger partial charge in [0.05, 0.1) is 5.56 Å². The van der Waals surface area contributed by atoms with Gasteiger partial charge in [0.15, 0.2) is 5.75 Å². The molecule has 0 aliphatic rings. The molecule has 23 heavy (non-hydrogen) atoms. The fourth-order valence-corrected chi connectivity index (χ4v) is 2.32. The second-order valence-corrected chi connectivity index (χ2v) is 5.06. The molecule has 0 saturated heterocycles. The van der Waals surface area contributed by atoms with Crippen LogP contribution in [-0.2, 0) is 0 Å². The van der Waals surface area contributed by atoms with Gasteiger partial charge in [-0.25, -0.2) is 0 Å². The van der Waals surface area contributed by atoms with Crippen LogP contribution in [0.5, 0.6) is 5.75 Å². The molecular weight excluding hydrogens is 288 g/mol. The molecule has 1 amide bonds. The van der Waals surface area contributed by atoms with Crippen molar-refractivity contribution in [3.63, 3.8) is 0 Å². The lowest BCUT2D eigenvalue weighted by atomic mass is 10.1. The minimum atomic E-state index is -0.326. The van der Waals surface area contributed by atoms with Crippen molar-refractivity contribution >= 4 is 22.9 Å². The van der Waals surface area contributed by atoms with E-state index >= 15 is 0 Å². The Morgan fingerprint density at radius 1 is 1.09 bits per heavy atom. The molecule has 0 bridgehead atoms. The van der Waals surface area contributed by atoms with Gasteiger partial charge in [-0.2, -0.15) is 0 Å². The maximum absolute atomic E-state index is 12.2. The minimum absolute atomic E-state index is 0.0901. The Kier molecular flexibility index (Phi) is 4.34. The van der Waals surface area contributed by atoms with Crippen molar-refractivity contribution in [2.24, 2.45) is 0 Å². The van der Waals surface area contributed by atoms with Crippen molar-refractivity contribution in [3.8, 4) is 5.75 Å². The summed E-state index contributed by atoms with van der Waals surface area (Å²) in [6.45, 7) is 0.382. The van der Waals surface area contributed by atoms with Crippen LogP contribution in [0.25, 0.3) is 17.0 Å². The topological polar surface area (TPSA) is 62.2 Å². The summed E-state index contributed by atoms with van der Waals surface area (Å²) in [7, 11) is 0. The number of amides is 1. The molecule has 0 aliphatic heterocycles. The van der Waals surface area contributed by atoms with Crippen LogP contribution in [0.4, 0.5) is 0 Å². The largest absolute Gasteiger partial charge is 0.505 e. The third-order valence-electron chi connectivity index (χ3n) is 3.48. The van der Waals surface area contributed by atoms with Crippen LogP contribution in [0.2, 0.25) is 0 Å². The van der Waals surface area contributed by atoms with Crippen LogP contribution < -0.4 is 5.32 Å². The van der Waals surface area contributed by atoms with Crippen molar-refractivity contribution in [3.05, 3.63) is 78.0 Å². The van der Waals surface area contributed by atoms with Crippen molar-refractivity contribution in [2.45, 2.75) is 0 Å². The van der Waals surface area contributed by atoms with Gasteiger partial charge in [0.2, 0.25) is 0 Å². The van der Waals surface area contributed by atoms with Gasteiger partial charge in [-0.1, -0.05) is 54.6 Å². The van der Waals surface area contributed by atoms with E-state index in [2.05, 4.69) is 10.3 Å². The second kappa shape index (κ2) is 6.75. The van der Waals surface area contributed by atoms with Gasteiger partial charge in [0.1, 0.15) is 5.52 Å². The van der Waals surface area contributed by atoms with Crippen LogP contribution in [0, 0.1) is 0 Å². The minimum Gasteiger partial charge on any atom is -0.505 e. The molecular formula is C19H16N2O2. The van der Waals surface area contributed by atoms with Crippen molar-refractivity contribution in [1.29, 1.82) is 0 Å². The number of fused-ring (bicyclic) bond motifs is 1. The van der Waals surface area contributed by atoms with Gasteiger partial charge in [-0.05, 0) is 17.7 Å². The average Bonchev–Trinajstić information content (AvgIpc) is 2.60. The zero-order chi connectivity index (χ0) is 16.1. The first-order chi connectivity index (χ1) is 11.3. The number of aromatic nitrogens is 1. The van der Waals surface area contributed by atoms with Crippen LogP contribution >= 0.6 is 0 Å². The number of benzene rings is 2. The summed E-state index contributed by atoms with van der Waals surface area (Å²) in [6.07, 6.45) is 5.39. The van der Waals surface area contributed by atoms with Gasteiger partial charge in [-0.15, -0.1) is 0 Å². The maximum atomic E-state index is 12.2. The number of nitrogens with one attached hydrogen (secondary N) is 1. The Morgan fingerprint density at radius 3 is 2.74 bits per heavy atom. The molecule has 114 valence electrons. The summed E-state index contributed by atoms with van der Waals surface area (Å²) in [5.41, 5.74) is 1.73. The van der Waals surface area contributed by atoms with E-state index in [1.54, 1.807) is 24.4 Å². The van der Waals surface area contributed by atoms with Gasteiger partial charge < -0.3 is 10.4 Å². The highest BCUT2D eigenvalue weighted by molar-refractivity contribution is 6.02. The third-order valence-corrected chi connectivity index (χ3v) is 3.48. The molecule has 2 aromatic carbocycles. The monoisotopic (exact) mass is 304 g/mol. The predicted molar refractivity (Wildman–Crippen MR) is 91.2 cm³/mol. The summed E-state index contributed by atoms with van der Waals surface area (Å²) in [5, 5.41) is 13.8. The van der Waals surface area contributed by atoms with Crippen LogP contribution in [0.1, 0.15) is 15.9 Å². The number of rotatable bonds is 4. The Hall–Kier alpha value is -3.14. The van der Waals surface area contributed by atoms with Crippen LogP contribution in [0.15, 0.2) is 66.9 Å². The predicted octanol–water partition coefficient (Wildman–Crippen LogP) is 3.38. The molecule has 1 aromatic heterocycles. The molecule has 4 nitrogen and oxygen atoms in total. The number of hydrogen-bond donors (Lipinski definition) is 2. The third kappa shape index (κ3) is 3.37. The summed E-state index contributed by atoms with van der Waals surface area (Å²) in [5.74, 6) is -0.416. The second-order valence-electron chi connectivity index (χ2n) is 5.06. The number of carbonyl (C=O) groups is 1. The fraction of sp³-hybridized carbons (Fsp3) is 0.0526. The molecule has 0 radical (unpaired) electrons. The first-order valence-electron chi connectivity index (χ1n) is 7.32. The molecule has 4 heteroatoms. The highest BCUT2D eigenvalue weighted by Gasteiger charge is 2.13. The zero-order valence-electron chi connectivity index (χ0n) is 12.4. The van der Waals surface area contributed by atoms with Gasteiger partial charge in [0.25, 0.3) is 5.91 Å². The molecule has 0 fully saturated rings. The van der Waals surface area contributed by atoms with E-state index in [9.17, 15) is 9.90 Å². The standard InChI is InChI=1S/C19H16N2O2/c22-18-16(11-10-15-9-5-12-20-17(15)18)19(23)21-13-4-8-14-6-2-1-3-7-14/h1-12,22H,13H2,(H,21,23). The van der Waals surface area contributed by atoms with Gasteiger partial charge in [0, 0.05) is 18.1 Å². The average molecular weight is 304 g/mol. The molecule has 2 N–H and O–H groups in total. The highest BCUT2D eigenvalue weighted by Crippen LogP contribution is 2.26. The molecule has 1 heterocycles. The zero-order valence-corrected chi connectivity index (χ0v) is 12.4. The number of nitrogens with zero attached hydrogens (tertiary/aromatic N) is 1. The first-order valence-corrected chi connectivity index (χ1v) is 7.32.